The van der Waals surface area contributed by atoms with Gasteiger partial charge < -0.3 is 20.1 Å². The molecule has 0 radical (unpaired) electrons. The van der Waals surface area contributed by atoms with Crippen LogP contribution in [0.3, 0.4) is 0 Å². The molecule has 2 N–H and O–H groups in total. The number of carbonyl (C=O) groups excluding carboxylic acids is 2. The van der Waals surface area contributed by atoms with Gasteiger partial charge in [-0.15, -0.1) is 0 Å². The maximum atomic E-state index is 13.0. The fourth-order valence-electron chi connectivity index (χ4n) is 3.17. The topological polar surface area (TPSA) is 94.5 Å². The standard InChI is InChI=1S/C25H30N4O4/c1-3-19(2)23(28-25(31)33-18-20-9-5-4-6-10-20)24(30)27-21-11-7-12-22(17-21)32-16-15-29-14-8-13-26-29/h4-14,17,19,23H,3,15-16,18H2,1-2H3,(H,27,30)(H,28,31)/t19-,23-/m0/s1. The molecule has 0 aliphatic heterocycles. The highest BCUT2D eigenvalue weighted by Gasteiger charge is 2.26. The van der Waals surface area contributed by atoms with Crippen molar-refractivity contribution in [1.82, 2.24) is 15.1 Å². The van der Waals surface area contributed by atoms with E-state index in [0.29, 0.717) is 31.0 Å². The highest BCUT2D eigenvalue weighted by molar-refractivity contribution is 5.96. The van der Waals surface area contributed by atoms with Gasteiger partial charge in [0.1, 0.15) is 25.0 Å². The third kappa shape index (κ3) is 7.68. The van der Waals surface area contributed by atoms with Crippen LogP contribution in [0, 0.1) is 5.92 Å². The van der Waals surface area contributed by atoms with E-state index in [1.165, 1.54) is 0 Å². The molecular weight excluding hydrogens is 420 g/mol. The normalized spacial score (nSPS) is 12.4. The Balaban J connectivity index is 1.54. The maximum Gasteiger partial charge on any atom is 0.408 e. The largest absolute Gasteiger partial charge is 0.492 e. The van der Waals surface area contributed by atoms with Gasteiger partial charge in [-0.3, -0.25) is 9.48 Å². The van der Waals surface area contributed by atoms with Crippen molar-refractivity contribution in [3.63, 3.8) is 0 Å². The lowest BCUT2D eigenvalue weighted by atomic mass is 9.98. The molecule has 2 atom stereocenters. The number of alkyl carbamates (subject to hydrolysis) is 1. The molecule has 0 bridgehead atoms. The summed E-state index contributed by atoms with van der Waals surface area (Å²) in [5, 5.41) is 9.72. The second-order valence-corrected chi connectivity index (χ2v) is 7.70. The predicted octanol–water partition coefficient (Wildman–Crippen LogP) is 4.24. The fourth-order valence-corrected chi connectivity index (χ4v) is 3.17. The Labute approximate surface area is 193 Å². The molecular formula is C25H30N4O4. The highest BCUT2D eigenvalue weighted by Crippen LogP contribution is 2.19. The number of hydrogen-bond donors (Lipinski definition) is 2. The Bertz CT molecular complexity index is 1010. The average Bonchev–Trinajstić information content (AvgIpc) is 3.35. The van der Waals surface area contributed by atoms with E-state index in [0.717, 1.165) is 5.56 Å². The van der Waals surface area contributed by atoms with Crippen molar-refractivity contribution in [3.8, 4) is 5.75 Å². The van der Waals surface area contributed by atoms with Crippen molar-refractivity contribution in [2.45, 2.75) is 39.5 Å². The Morgan fingerprint density at radius 2 is 1.91 bits per heavy atom. The average molecular weight is 451 g/mol. The number of benzene rings is 2. The summed E-state index contributed by atoms with van der Waals surface area (Å²) in [6.07, 6.45) is 3.67. The SMILES string of the molecule is CC[C@H](C)[C@H](NC(=O)OCc1ccccc1)C(=O)Nc1cccc(OCCn2cccn2)c1. The molecule has 33 heavy (non-hydrogen) atoms. The van der Waals surface area contributed by atoms with Gasteiger partial charge in [-0.25, -0.2) is 4.79 Å². The number of nitrogens with zero attached hydrogens (tertiary/aromatic N) is 2. The number of hydrogen-bond acceptors (Lipinski definition) is 5. The first kappa shape index (κ1) is 23.8. The molecule has 1 heterocycles. The lowest BCUT2D eigenvalue weighted by Gasteiger charge is -2.23. The number of rotatable bonds is 11. The van der Waals surface area contributed by atoms with Gasteiger partial charge in [-0.2, -0.15) is 5.10 Å². The molecule has 3 aromatic rings. The summed E-state index contributed by atoms with van der Waals surface area (Å²) in [5.41, 5.74) is 1.46. The summed E-state index contributed by atoms with van der Waals surface area (Å²) in [5.74, 6) is 0.243. The third-order valence-electron chi connectivity index (χ3n) is 5.23. The Morgan fingerprint density at radius 1 is 1.09 bits per heavy atom. The van der Waals surface area contributed by atoms with E-state index in [1.807, 2.05) is 62.5 Å². The summed E-state index contributed by atoms with van der Waals surface area (Å²) in [6.45, 7) is 5.09. The lowest BCUT2D eigenvalue weighted by molar-refractivity contribution is -0.119. The molecule has 0 saturated carbocycles. The molecule has 0 unspecified atom stereocenters. The number of aromatic nitrogens is 2. The van der Waals surface area contributed by atoms with Gasteiger partial charge in [-0.05, 0) is 29.7 Å². The van der Waals surface area contributed by atoms with Crippen LogP contribution in [0.4, 0.5) is 10.5 Å². The van der Waals surface area contributed by atoms with E-state index in [2.05, 4.69) is 15.7 Å². The third-order valence-corrected chi connectivity index (χ3v) is 5.23. The Kier molecular flexibility index (Phi) is 8.88. The zero-order valence-corrected chi connectivity index (χ0v) is 18.9. The van der Waals surface area contributed by atoms with Crippen molar-refractivity contribution >= 4 is 17.7 Å². The Hall–Kier alpha value is -3.81. The number of anilines is 1. The van der Waals surface area contributed by atoms with Crippen LogP contribution in [0.25, 0.3) is 0 Å². The lowest BCUT2D eigenvalue weighted by Crippen LogP contribution is -2.47. The van der Waals surface area contributed by atoms with E-state index >= 15 is 0 Å². The number of nitrogens with one attached hydrogen (secondary N) is 2. The highest BCUT2D eigenvalue weighted by atomic mass is 16.5. The molecule has 0 spiro atoms. The number of ether oxygens (including phenoxy) is 2. The maximum absolute atomic E-state index is 13.0. The zero-order valence-electron chi connectivity index (χ0n) is 18.9. The molecule has 2 amide bonds. The summed E-state index contributed by atoms with van der Waals surface area (Å²) in [4.78, 5) is 25.3. The molecule has 0 aliphatic carbocycles. The summed E-state index contributed by atoms with van der Waals surface area (Å²) in [6, 6.07) is 17.7. The van der Waals surface area contributed by atoms with Crippen molar-refractivity contribution in [2.24, 2.45) is 5.92 Å². The van der Waals surface area contributed by atoms with Gasteiger partial charge in [0.2, 0.25) is 5.91 Å². The minimum atomic E-state index is -0.734. The summed E-state index contributed by atoms with van der Waals surface area (Å²) in [7, 11) is 0. The van der Waals surface area contributed by atoms with E-state index in [-0.39, 0.29) is 18.4 Å². The minimum Gasteiger partial charge on any atom is -0.492 e. The van der Waals surface area contributed by atoms with Crippen molar-refractivity contribution < 1.29 is 19.1 Å². The molecule has 1 aromatic heterocycles. The van der Waals surface area contributed by atoms with Crippen LogP contribution in [-0.4, -0.2) is 34.4 Å². The molecule has 8 nitrogen and oxygen atoms in total. The van der Waals surface area contributed by atoms with E-state index < -0.39 is 12.1 Å². The van der Waals surface area contributed by atoms with Crippen molar-refractivity contribution in [1.29, 1.82) is 0 Å². The first-order chi connectivity index (χ1) is 16.0. The molecule has 3 rings (SSSR count). The van der Waals surface area contributed by atoms with Gasteiger partial charge in [0.25, 0.3) is 0 Å². The quantitative estimate of drug-likeness (QED) is 0.456. The van der Waals surface area contributed by atoms with E-state index in [4.69, 9.17) is 9.47 Å². The monoisotopic (exact) mass is 450 g/mol. The van der Waals surface area contributed by atoms with Gasteiger partial charge in [0.05, 0.1) is 6.54 Å². The zero-order chi connectivity index (χ0) is 23.5. The molecule has 174 valence electrons. The van der Waals surface area contributed by atoms with Crippen LogP contribution >= 0.6 is 0 Å². The Morgan fingerprint density at radius 3 is 2.64 bits per heavy atom. The first-order valence-corrected chi connectivity index (χ1v) is 11.0. The number of carbonyl (C=O) groups is 2. The van der Waals surface area contributed by atoms with Gasteiger partial charge in [0.15, 0.2) is 0 Å². The second-order valence-electron chi connectivity index (χ2n) is 7.70. The summed E-state index contributed by atoms with van der Waals surface area (Å²) < 4.78 is 12.8. The number of amides is 2. The van der Waals surface area contributed by atoms with Gasteiger partial charge >= 0.3 is 6.09 Å². The van der Waals surface area contributed by atoms with Crippen molar-refractivity contribution in [2.75, 3.05) is 11.9 Å². The fraction of sp³-hybridized carbons (Fsp3) is 0.320. The predicted molar refractivity (Wildman–Crippen MR) is 126 cm³/mol. The van der Waals surface area contributed by atoms with E-state index in [1.54, 1.807) is 29.1 Å². The van der Waals surface area contributed by atoms with Crippen molar-refractivity contribution in [3.05, 3.63) is 78.6 Å². The smallest absolute Gasteiger partial charge is 0.408 e. The van der Waals surface area contributed by atoms with Crippen LogP contribution in [0.15, 0.2) is 73.1 Å². The first-order valence-electron chi connectivity index (χ1n) is 11.0. The minimum absolute atomic E-state index is 0.0808. The van der Waals surface area contributed by atoms with Gasteiger partial charge in [0, 0.05) is 24.1 Å². The van der Waals surface area contributed by atoms with Crippen LogP contribution in [-0.2, 0) is 22.7 Å². The van der Waals surface area contributed by atoms with Crippen LogP contribution < -0.4 is 15.4 Å². The molecule has 0 saturated heterocycles. The molecule has 0 aliphatic rings. The molecule has 8 heteroatoms. The van der Waals surface area contributed by atoms with Crippen LogP contribution in [0.2, 0.25) is 0 Å². The second kappa shape index (κ2) is 12.3. The van der Waals surface area contributed by atoms with E-state index in [9.17, 15) is 9.59 Å². The summed E-state index contributed by atoms with van der Waals surface area (Å²) >= 11 is 0. The van der Waals surface area contributed by atoms with Crippen LogP contribution in [0.1, 0.15) is 25.8 Å². The molecule has 2 aromatic carbocycles. The van der Waals surface area contributed by atoms with Crippen LogP contribution in [0.5, 0.6) is 5.75 Å². The van der Waals surface area contributed by atoms with Gasteiger partial charge in [-0.1, -0.05) is 56.7 Å². The molecule has 0 fully saturated rings.